The highest BCUT2D eigenvalue weighted by Crippen LogP contribution is 2.19. The Bertz CT molecular complexity index is 290. The first-order valence-corrected chi connectivity index (χ1v) is 6.45. The summed E-state index contributed by atoms with van der Waals surface area (Å²) >= 11 is -1.20. The van der Waals surface area contributed by atoms with Gasteiger partial charge >= 0.3 is 0 Å². The lowest BCUT2D eigenvalue weighted by Crippen LogP contribution is -2.36. The Morgan fingerprint density at radius 1 is 1.27 bits per heavy atom. The van der Waals surface area contributed by atoms with Crippen molar-refractivity contribution < 1.29 is 4.55 Å². The van der Waals surface area contributed by atoms with Crippen molar-refractivity contribution in [2.75, 3.05) is 0 Å². The summed E-state index contributed by atoms with van der Waals surface area (Å²) < 4.78 is 14.9. The van der Waals surface area contributed by atoms with Gasteiger partial charge in [-0.15, -0.1) is 4.72 Å². The molecule has 1 heterocycles. The molecule has 15 heavy (non-hydrogen) atoms. The predicted octanol–water partition coefficient (Wildman–Crippen LogP) is 1.42. The molecule has 0 amide bonds. The van der Waals surface area contributed by atoms with Gasteiger partial charge in [-0.3, -0.25) is 4.98 Å². The number of rotatable bonds is 3. The summed E-state index contributed by atoms with van der Waals surface area (Å²) in [5.74, 6) is 0. The van der Waals surface area contributed by atoms with Gasteiger partial charge in [0.05, 0.1) is 12.2 Å². The Hall–Kier alpha value is -0.650. The molecule has 0 bridgehead atoms. The molecule has 0 radical (unpaired) electrons. The lowest BCUT2D eigenvalue weighted by atomic mass is 9.96. The van der Waals surface area contributed by atoms with Crippen LogP contribution in [0.2, 0.25) is 0 Å². The van der Waals surface area contributed by atoms with E-state index < -0.39 is 11.4 Å². The highest BCUT2D eigenvalue weighted by molar-refractivity contribution is 7.89. The maximum absolute atomic E-state index is 11.8. The lowest BCUT2D eigenvalue weighted by Gasteiger charge is -2.22. The summed E-state index contributed by atoms with van der Waals surface area (Å²) in [4.78, 5) is 7.92. The maximum Gasteiger partial charge on any atom is 0.284 e. The standard InChI is InChI=1S/C10H15N3OS/c14-15(10-8-11-6-7-12-10)13-9-4-2-1-3-5-9/h6-9,13H,1-5H2. The van der Waals surface area contributed by atoms with Crippen LogP contribution in [0.15, 0.2) is 23.6 Å². The molecule has 1 aliphatic carbocycles. The second kappa shape index (κ2) is 5.44. The van der Waals surface area contributed by atoms with Crippen molar-refractivity contribution in [1.29, 1.82) is 0 Å². The molecule has 1 aromatic heterocycles. The molecule has 1 aromatic rings. The summed E-state index contributed by atoms with van der Waals surface area (Å²) in [5.41, 5.74) is 0. The van der Waals surface area contributed by atoms with Crippen molar-refractivity contribution >= 4 is 11.4 Å². The minimum Gasteiger partial charge on any atom is -0.592 e. The topological polar surface area (TPSA) is 60.9 Å². The Balaban J connectivity index is 1.88. The molecule has 2 rings (SSSR count). The zero-order valence-corrected chi connectivity index (χ0v) is 9.37. The van der Waals surface area contributed by atoms with Gasteiger partial charge in [-0.2, -0.15) is 0 Å². The molecule has 4 nitrogen and oxygen atoms in total. The third-order valence-electron chi connectivity index (χ3n) is 2.61. The van der Waals surface area contributed by atoms with Crippen LogP contribution in [0.25, 0.3) is 0 Å². The zero-order valence-electron chi connectivity index (χ0n) is 8.56. The van der Waals surface area contributed by atoms with Crippen molar-refractivity contribution in [1.82, 2.24) is 14.7 Å². The quantitative estimate of drug-likeness (QED) is 0.790. The van der Waals surface area contributed by atoms with Crippen LogP contribution in [-0.4, -0.2) is 20.6 Å². The molecule has 1 saturated carbocycles. The first-order valence-electron chi connectivity index (χ1n) is 5.30. The smallest absolute Gasteiger partial charge is 0.284 e. The van der Waals surface area contributed by atoms with Crippen LogP contribution in [0, 0.1) is 0 Å². The summed E-state index contributed by atoms with van der Waals surface area (Å²) in [6, 6.07) is 0.376. The van der Waals surface area contributed by atoms with Gasteiger partial charge in [0.1, 0.15) is 17.6 Å². The SMILES string of the molecule is [O-][S+](NC1CCCCC1)c1cnccn1. The highest BCUT2D eigenvalue weighted by atomic mass is 32.2. The fourth-order valence-electron chi connectivity index (χ4n) is 1.81. The zero-order chi connectivity index (χ0) is 10.5. The van der Waals surface area contributed by atoms with E-state index in [4.69, 9.17) is 0 Å². The molecule has 1 aliphatic rings. The van der Waals surface area contributed by atoms with Gasteiger partial charge in [0, 0.05) is 6.20 Å². The van der Waals surface area contributed by atoms with E-state index in [1.165, 1.54) is 19.3 Å². The van der Waals surface area contributed by atoms with Gasteiger partial charge in [-0.25, -0.2) is 4.98 Å². The summed E-state index contributed by atoms with van der Waals surface area (Å²) in [6.07, 6.45) is 10.7. The molecule has 1 N–H and O–H groups in total. The van der Waals surface area contributed by atoms with Crippen LogP contribution in [0.4, 0.5) is 0 Å². The van der Waals surface area contributed by atoms with Crippen LogP contribution in [-0.2, 0) is 11.4 Å². The van der Waals surface area contributed by atoms with Crippen LogP contribution in [0.3, 0.4) is 0 Å². The van der Waals surface area contributed by atoms with Crippen LogP contribution in [0.1, 0.15) is 32.1 Å². The molecule has 5 heteroatoms. The predicted molar refractivity (Wildman–Crippen MR) is 58.4 cm³/mol. The van der Waals surface area contributed by atoms with E-state index in [9.17, 15) is 4.55 Å². The Kier molecular flexibility index (Phi) is 3.94. The van der Waals surface area contributed by atoms with Gasteiger partial charge in [-0.1, -0.05) is 19.3 Å². The minimum absolute atomic E-state index is 0.376. The number of nitrogens with zero attached hydrogens (tertiary/aromatic N) is 2. The minimum atomic E-state index is -1.20. The van der Waals surface area contributed by atoms with Gasteiger partial charge in [0.15, 0.2) is 0 Å². The average Bonchev–Trinajstić information content (AvgIpc) is 2.31. The molecular weight excluding hydrogens is 210 g/mol. The second-order valence-electron chi connectivity index (χ2n) is 3.77. The van der Waals surface area contributed by atoms with E-state index in [1.807, 2.05) is 0 Å². The van der Waals surface area contributed by atoms with E-state index in [0.717, 1.165) is 12.8 Å². The van der Waals surface area contributed by atoms with E-state index >= 15 is 0 Å². The molecule has 1 atom stereocenters. The molecule has 0 aromatic carbocycles. The molecule has 0 aliphatic heterocycles. The second-order valence-corrected chi connectivity index (χ2v) is 4.96. The first kappa shape index (κ1) is 10.9. The third-order valence-corrected chi connectivity index (χ3v) is 3.75. The lowest BCUT2D eigenvalue weighted by molar-refractivity contribution is 0.411. The van der Waals surface area contributed by atoms with Crippen molar-refractivity contribution in [3.63, 3.8) is 0 Å². The fraction of sp³-hybridized carbons (Fsp3) is 0.600. The number of aromatic nitrogens is 2. The van der Waals surface area contributed by atoms with Crippen molar-refractivity contribution in [3.05, 3.63) is 18.6 Å². The molecule has 0 spiro atoms. The highest BCUT2D eigenvalue weighted by Gasteiger charge is 2.21. The van der Waals surface area contributed by atoms with Gasteiger partial charge in [0.2, 0.25) is 0 Å². The summed E-state index contributed by atoms with van der Waals surface area (Å²) in [6.45, 7) is 0. The molecule has 0 saturated heterocycles. The molecule has 82 valence electrons. The summed E-state index contributed by atoms with van der Waals surface area (Å²) in [7, 11) is 0. The van der Waals surface area contributed by atoms with E-state index in [0.29, 0.717) is 11.1 Å². The molecule has 1 fully saturated rings. The van der Waals surface area contributed by atoms with E-state index in [1.54, 1.807) is 18.6 Å². The number of nitrogens with one attached hydrogen (secondary N) is 1. The molecular formula is C10H15N3OS. The van der Waals surface area contributed by atoms with Gasteiger partial charge < -0.3 is 4.55 Å². The summed E-state index contributed by atoms with van der Waals surface area (Å²) in [5, 5.41) is 0.517. The van der Waals surface area contributed by atoms with Crippen LogP contribution in [0.5, 0.6) is 0 Å². The van der Waals surface area contributed by atoms with Gasteiger partial charge in [-0.05, 0) is 12.8 Å². The number of hydrogen-bond donors (Lipinski definition) is 1. The first-order chi connectivity index (χ1) is 7.36. The Morgan fingerprint density at radius 2 is 2.07 bits per heavy atom. The van der Waals surface area contributed by atoms with Crippen molar-refractivity contribution in [3.8, 4) is 0 Å². The third kappa shape index (κ3) is 3.15. The van der Waals surface area contributed by atoms with E-state index in [-0.39, 0.29) is 0 Å². The van der Waals surface area contributed by atoms with Crippen molar-refractivity contribution in [2.45, 2.75) is 43.2 Å². The Labute approximate surface area is 92.8 Å². The fourth-order valence-corrected chi connectivity index (χ4v) is 2.79. The van der Waals surface area contributed by atoms with Crippen LogP contribution < -0.4 is 4.72 Å². The van der Waals surface area contributed by atoms with Gasteiger partial charge in [0.25, 0.3) is 5.03 Å². The average molecular weight is 225 g/mol. The molecule has 1 unspecified atom stereocenters. The largest absolute Gasteiger partial charge is 0.592 e. The van der Waals surface area contributed by atoms with Crippen molar-refractivity contribution in [2.24, 2.45) is 0 Å². The van der Waals surface area contributed by atoms with Crippen LogP contribution >= 0.6 is 0 Å². The number of hydrogen-bond acceptors (Lipinski definition) is 4. The maximum atomic E-state index is 11.8. The van der Waals surface area contributed by atoms with E-state index in [2.05, 4.69) is 14.7 Å². The Morgan fingerprint density at radius 3 is 2.73 bits per heavy atom. The monoisotopic (exact) mass is 225 g/mol. The normalized spacial score (nSPS) is 20.1.